The number of aromatic hydroxyl groups is 1. The van der Waals surface area contributed by atoms with E-state index in [0.717, 1.165) is 31.6 Å². The first kappa shape index (κ1) is 14.2. The molecule has 0 spiro atoms. The fourth-order valence-electron chi connectivity index (χ4n) is 2.79. The molecule has 2 rings (SSSR count). The van der Waals surface area contributed by atoms with Crippen molar-refractivity contribution < 1.29 is 9.84 Å². The van der Waals surface area contributed by atoms with Crippen LogP contribution in [0.15, 0.2) is 18.2 Å². The Morgan fingerprint density at radius 3 is 2.89 bits per heavy atom. The first-order valence-electron chi connectivity index (χ1n) is 7.03. The van der Waals surface area contributed by atoms with Gasteiger partial charge in [-0.05, 0) is 38.8 Å². The SMILES string of the molecule is CCOc1cccc(CN2CC(CN)CC2C)c1O. The molecule has 1 fully saturated rings. The maximum Gasteiger partial charge on any atom is 0.162 e. The average Bonchev–Trinajstić information content (AvgIpc) is 2.75. The molecule has 0 amide bonds. The van der Waals surface area contributed by atoms with Crippen molar-refractivity contribution in [1.82, 2.24) is 4.90 Å². The molecule has 0 aliphatic carbocycles. The molecule has 1 saturated heterocycles. The number of nitrogens with two attached hydrogens (primary N) is 1. The highest BCUT2D eigenvalue weighted by molar-refractivity contribution is 5.45. The summed E-state index contributed by atoms with van der Waals surface area (Å²) in [5, 5.41) is 10.2. The zero-order valence-electron chi connectivity index (χ0n) is 11.8. The molecular formula is C15H24N2O2. The number of likely N-dealkylation sites (tertiary alicyclic amines) is 1. The molecule has 1 aliphatic rings. The van der Waals surface area contributed by atoms with Gasteiger partial charge >= 0.3 is 0 Å². The van der Waals surface area contributed by atoms with Crippen LogP contribution in [0.3, 0.4) is 0 Å². The van der Waals surface area contributed by atoms with Crippen LogP contribution in [0.2, 0.25) is 0 Å². The lowest BCUT2D eigenvalue weighted by molar-refractivity contribution is 0.249. The fraction of sp³-hybridized carbons (Fsp3) is 0.600. The van der Waals surface area contributed by atoms with E-state index in [4.69, 9.17) is 10.5 Å². The molecule has 4 nitrogen and oxygen atoms in total. The third-order valence-electron chi connectivity index (χ3n) is 3.88. The van der Waals surface area contributed by atoms with Gasteiger partial charge in [0.2, 0.25) is 0 Å². The zero-order valence-corrected chi connectivity index (χ0v) is 11.8. The summed E-state index contributed by atoms with van der Waals surface area (Å²) in [7, 11) is 0. The molecule has 3 N–H and O–H groups in total. The lowest BCUT2D eigenvalue weighted by Crippen LogP contribution is -2.27. The summed E-state index contributed by atoms with van der Waals surface area (Å²) >= 11 is 0. The van der Waals surface area contributed by atoms with Crippen LogP contribution in [-0.4, -0.2) is 35.7 Å². The number of rotatable bonds is 5. The molecule has 1 aliphatic heterocycles. The second-order valence-electron chi connectivity index (χ2n) is 5.31. The summed E-state index contributed by atoms with van der Waals surface area (Å²) in [6.45, 7) is 7.21. The minimum atomic E-state index is 0.271. The van der Waals surface area contributed by atoms with Gasteiger partial charge in [0.05, 0.1) is 6.61 Å². The van der Waals surface area contributed by atoms with E-state index in [1.165, 1.54) is 0 Å². The van der Waals surface area contributed by atoms with Crippen molar-refractivity contribution in [2.24, 2.45) is 11.7 Å². The Bertz CT molecular complexity index is 423. The lowest BCUT2D eigenvalue weighted by Gasteiger charge is -2.22. The standard InChI is InChI=1S/C15H24N2O2/c1-3-19-14-6-4-5-13(15(14)18)10-17-9-12(8-16)7-11(17)2/h4-6,11-12,18H,3,7-10,16H2,1-2H3. The molecule has 19 heavy (non-hydrogen) atoms. The largest absolute Gasteiger partial charge is 0.504 e. The van der Waals surface area contributed by atoms with Crippen LogP contribution in [-0.2, 0) is 6.54 Å². The zero-order chi connectivity index (χ0) is 13.8. The molecule has 1 heterocycles. The van der Waals surface area contributed by atoms with Crippen LogP contribution >= 0.6 is 0 Å². The molecule has 1 aromatic rings. The van der Waals surface area contributed by atoms with Crippen molar-refractivity contribution >= 4 is 0 Å². The number of phenols is 1. The molecule has 2 unspecified atom stereocenters. The molecule has 4 heteroatoms. The van der Waals surface area contributed by atoms with E-state index in [1.54, 1.807) is 6.07 Å². The smallest absolute Gasteiger partial charge is 0.162 e. The van der Waals surface area contributed by atoms with Gasteiger partial charge in [-0.15, -0.1) is 0 Å². The van der Waals surface area contributed by atoms with Crippen LogP contribution in [0.4, 0.5) is 0 Å². The summed E-state index contributed by atoms with van der Waals surface area (Å²) in [5.74, 6) is 1.42. The third kappa shape index (κ3) is 3.19. The lowest BCUT2D eigenvalue weighted by atomic mass is 10.1. The van der Waals surface area contributed by atoms with Crippen molar-refractivity contribution in [2.45, 2.75) is 32.9 Å². The highest BCUT2D eigenvalue weighted by Gasteiger charge is 2.28. The topological polar surface area (TPSA) is 58.7 Å². The van der Waals surface area contributed by atoms with Gasteiger partial charge in [0.25, 0.3) is 0 Å². The normalized spacial score (nSPS) is 23.7. The maximum atomic E-state index is 10.2. The van der Waals surface area contributed by atoms with Crippen molar-refractivity contribution in [3.05, 3.63) is 23.8 Å². The van der Waals surface area contributed by atoms with Gasteiger partial charge in [0.15, 0.2) is 11.5 Å². The predicted molar refractivity (Wildman–Crippen MR) is 76.3 cm³/mol. The van der Waals surface area contributed by atoms with Gasteiger partial charge in [-0.3, -0.25) is 4.90 Å². The van der Waals surface area contributed by atoms with E-state index in [9.17, 15) is 5.11 Å². The first-order chi connectivity index (χ1) is 9.15. The van der Waals surface area contributed by atoms with E-state index in [-0.39, 0.29) is 5.75 Å². The molecule has 0 aromatic heterocycles. The fourth-order valence-corrected chi connectivity index (χ4v) is 2.79. The Labute approximate surface area is 115 Å². The molecule has 0 bridgehead atoms. The Morgan fingerprint density at radius 1 is 1.47 bits per heavy atom. The van der Waals surface area contributed by atoms with Crippen molar-refractivity contribution in [2.75, 3.05) is 19.7 Å². The minimum absolute atomic E-state index is 0.271. The quantitative estimate of drug-likeness (QED) is 0.853. The van der Waals surface area contributed by atoms with Crippen molar-refractivity contribution in [3.63, 3.8) is 0 Å². The number of phenolic OH excluding ortho intramolecular Hbond substituents is 1. The molecule has 0 saturated carbocycles. The summed E-state index contributed by atoms with van der Waals surface area (Å²) in [6.07, 6.45) is 1.14. The molecular weight excluding hydrogens is 240 g/mol. The van der Waals surface area contributed by atoms with Crippen LogP contribution in [0, 0.1) is 5.92 Å². The minimum Gasteiger partial charge on any atom is -0.504 e. The summed E-state index contributed by atoms with van der Waals surface area (Å²) in [6, 6.07) is 6.21. The second kappa shape index (κ2) is 6.26. The Hall–Kier alpha value is -1.26. The van der Waals surface area contributed by atoms with Gasteiger partial charge < -0.3 is 15.6 Å². The van der Waals surface area contributed by atoms with Crippen molar-refractivity contribution in [1.29, 1.82) is 0 Å². The number of para-hydroxylation sites is 1. The van der Waals surface area contributed by atoms with Gasteiger partial charge in [-0.1, -0.05) is 12.1 Å². The van der Waals surface area contributed by atoms with Gasteiger partial charge in [-0.2, -0.15) is 0 Å². The number of hydrogen-bond acceptors (Lipinski definition) is 4. The summed E-state index contributed by atoms with van der Waals surface area (Å²) < 4.78 is 5.42. The van der Waals surface area contributed by atoms with Crippen molar-refractivity contribution in [3.8, 4) is 11.5 Å². The predicted octanol–water partition coefficient (Wildman–Crippen LogP) is 1.96. The van der Waals surface area contributed by atoms with Crippen LogP contribution in [0.25, 0.3) is 0 Å². The van der Waals surface area contributed by atoms with E-state index in [1.807, 2.05) is 19.1 Å². The van der Waals surface area contributed by atoms with E-state index in [2.05, 4.69) is 11.8 Å². The highest BCUT2D eigenvalue weighted by atomic mass is 16.5. The highest BCUT2D eigenvalue weighted by Crippen LogP contribution is 2.32. The second-order valence-corrected chi connectivity index (χ2v) is 5.31. The number of nitrogens with zero attached hydrogens (tertiary/aromatic N) is 1. The third-order valence-corrected chi connectivity index (χ3v) is 3.88. The summed E-state index contributed by atoms with van der Waals surface area (Å²) in [4.78, 5) is 2.38. The maximum absolute atomic E-state index is 10.2. The number of hydrogen-bond donors (Lipinski definition) is 2. The van der Waals surface area contributed by atoms with Gasteiger partial charge in [-0.25, -0.2) is 0 Å². The van der Waals surface area contributed by atoms with Crippen LogP contribution in [0.5, 0.6) is 11.5 Å². The van der Waals surface area contributed by atoms with Gasteiger partial charge in [0, 0.05) is 24.7 Å². The van der Waals surface area contributed by atoms with E-state index < -0.39 is 0 Å². The first-order valence-corrected chi connectivity index (χ1v) is 7.03. The Kier molecular flexibility index (Phi) is 4.66. The summed E-state index contributed by atoms with van der Waals surface area (Å²) in [5.41, 5.74) is 6.68. The Morgan fingerprint density at radius 2 is 2.26 bits per heavy atom. The average molecular weight is 264 g/mol. The molecule has 1 aromatic carbocycles. The van der Waals surface area contributed by atoms with Crippen LogP contribution < -0.4 is 10.5 Å². The molecule has 106 valence electrons. The van der Waals surface area contributed by atoms with E-state index in [0.29, 0.717) is 24.3 Å². The molecule has 0 radical (unpaired) electrons. The number of ether oxygens (including phenoxy) is 1. The Balaban J connectivity index is 2.09. The van der Waals surface area contributed by atoms with E-state index >= 15 is 0 Å². The molecule has 2 atom stereocenters. The van der Waals surface area contributed by atoms with Gasteiger partial charge in [0.1, 0.15) is 0 Å². The van der Waals surface area contributed by atoms with Crippen LogP contribution in [0.1, 0.15) is 25.8 Å². The number of benzene rings is 1. The monoisotopic (exact) mass is 264 g/mol.